The van der Waals surface area contributed by atoms with Gasteiger partial charge in [-0.1, -0.05) is 0 Å². The molecule has 1 aliphatic heterocycles. The molecule has 18 heavy (non-hydrogen) atoms. The molecule has 1 heterocycles. The van der Waals surface area contributed by atoms with Crippen LogP contribution in [0.15, 0.2) is 0 Å². The average molecular weight is 256 g/mol. The summed E-state index contributed by atoms with van der Waals surface area (Å²) < 4.78 is 5.45. The van der Waals surface area contributed by atoms with Crippen molar-refractivity contribution in [1.82, 2.24) is 9.80 Å². The summed E-state index contributed by atoms with van der Waals surface area (Å²) in [4.78, 5) is 5.21. The largest absolute Gasteiger partial charge is 0.383 e. The summed E-state index contributed by atoms with van der Waals surface area (Å²) in [6.07, 6.45) is 0. The number of ether oxygens (including phenoxy) is 1. The van der Waals surface area contributed by atoms with E-state index >= 15 is 0 Å². The van der Waals surface area contributed by atoms with Gasteiger partial charge < -0.3 is 4.74 Å². The Morgan fingerprint density at radius 2 is 1.56 bits per heavy atom. The van der Waals surface area contributed by atoms with Crippen molar-refractivity contribution in [2.75, 3.05) is 26.8 Å². The number of methoxy groups -OCH3 is 1. The Kier molecular flexibility index (Phi) is 4.85. The molecule has 108 valence electrons. The van der Waals surface area contributed by atoms with Gasteiger partial charge in [0.25, 0.3) is 0 Å². The van der Waals surface area contributed by atoms with Gasteiger partial charge in [-0.05, 0) is 48.5 Å². The van der Waals surface area contributed by atoms with Crippen LogP contribution in [0.3, 0.4) is 0 Å². The molecule has 1 fully saturated rings. The van der Waals surface area contributed by atoms with Crippen molar-refractivity contribution in [2.24, 2.45) is 0 Å². The first-order chi connectivity index (χ1) is 8.07. The molecule has 0 aromatic heterocycles. The molecule has 0 aliphatic carbocycles. The third-order valence-electron chi connectivity index (χ3n) is 3.87. The molecule has 0 bridgehead atoms. The summed E-state index contributed by atoms with van der Waals surface area (Å²) in [5.74, 6) is 0. The lowest BCUT2D eigenvalue weighted by Crippen LogP contribution is -2.67. The fraction of sp³-hybridized carbons (Fsp3) is 1.00. The number of rotatable bonds is 2. The van der Waals surface area contributed by atoms with E-state index in [1.54, 1.807) is 0 Å². The summed E-state index contributed by atoms with van der Waals surface area (Å²) in [5, 5.41) is 0. The highest BCUT2D eigenvalue weighted by Gasteiger charge is 2.40. The quantitative estimate of drug-likeness (QED) is 0.755. The van der Waals surface area contributed by atoms with Crippen molar-refractivity contribution in [3.8, 4) is 0 Å². The second kappa shape index (κ2) is 5.48. The lowest BCUT2D eigenvalue weighted by molar-refractivity contribution is -0.0765. The van der Waals surface area contributed by atoms with Crippen LogP contribution >= 0.6 is 0 Å². The minimum atomic E-state index is 0.201. The second-order valence-electron chi connectivity index (χ2n) is 7.61. The van der Waals surface area contributed by atoms with Crippen molar-refractivity contribution in [3.05, 3.63) is 0 Å². The summed E-state index contributed by atoms with van der Waals surface area (Å²) in [7, 11) is 1.81. The van der Waals surface area contributed by atoms with Crippen molar-refractivity contribution in [2.45, 2.75) is 71.6 Å². The molecule has 0 amide bonds. The van der Waals surface area contributed by atoms with E-state index in [2.05, 4.69) is 58.3 Å². The molecule has 2 atom stereocenters. The average Bonchev–Trinajstić information content (AvgIpc) is 2.13. The highest BCUT2D eigenvalue weighted by molar-refractivity contribution is 4.96. The fourth-order valence-electron chi connectivity index (χ4n) is 3.27. The van der Waals surface area contributed by atoms with Gasteiger partial charge >= 0.3 is 0 Å². The maximum atomic E-state index is 5.45. The zero-order chi connectivity index (χ0) is 14.1. The predicted octanol–water partition coefficient (Wildman–Crippen LogP) is 2.60. The Bertz CT molecular complexity index is 265. The van der Waals surface area contributed by atoms with Crippen LogP contribution in [0, 0.1) is 0 Å². The molecule has 1 rings (SSSR count). The second-order valence-corrected chi connectivity index (χ2v) is 7.61. The monoisotopic (exact) mass is 256 g/mol. The lowest BCUT2D eigenvalue weighted by atomic mass is 9.93. The highest BCUT2D eigenvalue weighted by Crippen LogP contribution is 2.29. The molecular formula is C15H32N2O. The molecule has 0 spiro atoms. The topological polar surface area (TPSA) is 15.7 Å². The normalized spacial score (nSPS) is 28.7. The third kappa shape index (κ3) is 3.69. The van der Waals surface area contributed by atoms with E-state index in [0.29, 0.717) is 12.1 Å². The maximum absolute atomic E-state index is 5.45. The van der Waals surface area contributed by atoms with Gasteiger partial charge in [-0.3, -0.25) is 9.80 Å². The number of hydrogen-bond donors (Lipinski definition) is 0. The van der Waals surface area contributed by atoms with E-state index in [4.69, 9.17) is 4.74 Å². The van der Waals surface area contributed by atoms with Crippen molar-refractivity contribution in [1.29, 1.82) is 0 Å². The molecule has 0 aromatic carbocycles. The predicted molar refractivity (Wildman–Crippen MR) is 78.0 cm³/mol. The first kappa shape index (κ1) is 15.9. The van der Waals surface area contributed by atoms with Crippen LogP contribution < -0.4 is 0 Å². The summed E-state index contributed by atoms with van der Waals surface area (Å²) in [6, 6.07) is 1.05. The van der Waals surface area contributed by atoms with Crippen molar-refractivity contribution >= 4 is 0 Å². The minimum Gasteiger partial charge on any atom is -0.383 e. The van der Waals surface area contributed by atoms with E-state index in [0.717, 1.165) is 19.7 Å². The molecule has 0 N–H and O–H groups in total. The van der Waals surface area contributed by atoms with Gasteiger partial charge in [0.1, 0.15) is 0 Å². The molecule has 1 saturated heterocycles. The van der Waals surface area contributed by atoms with Crippen LogP contribution in [-0.2, 0) is 4.74 Å². The van der Waals surface area contributed by atoms with E-state index < -0.39 is 0 Å². The molecule has 0 radical (unpaired) electrons. The Labute approximate surface area is 113 Å². The van der Waals surface area contributed by atoms with Crippen LogP contribution in [-0.4, -0.2) is 59.8 Å². The first-order valence-electron chi connectivity index (χ1n) is 7.10. The number of nitrogens with zero attached hydrogens (tertiary/aromatic N) is 2. The zero-order valence-corrected chi connectivity index (χ0v) is 13.6. The van der Waals surface area contributed by atoms with E-state index in [1.807, 2.05) is 7.11 Å². The van der Waals surface area contributed by atoms with E-state index in [9.17, 15) is 0 Å². The molecule has 1 aliphatic rings. The zero-order valence-electron chi connectivity index (χ0n) is 13.6. The van der Waals surface area contributed by atoms with Gasteiger partial charge in [-0.25, -0.2) is 0 Å². The summed E-state index contributed by atoms with van der Waals surface area (Å²) in [5.41, 5.74) is 0.441. The standard InChI is InChI=1S/C15H32N2O/c1-12-9-16(14(2,3)4)10-13(11-18-8)17(12)15(5,6)7/h12-13H,9-11H2,1-8H3. The van der Waals surface area contributed by atoms with Gasteiger partial charge in [0.15, 0.2) is 0 Å². The first-order valence-corrected chi connectivity index (χ1v) is 7.10. The molecule has 0 aromatic rings. The van der Waals surface area contributed by atoms with Crippen LogP contribution in [0.2, 0.25) is 0 Å². The SMILES string of the molecule is COCC1CN(C(C)(C)C)CC(C)N1C(C)(C)C. The third-order valence-corrected chi connectivity index (χ3v) is 3.87. The Morgan fingerprint density at radius 3 is 1.94 bits per heavy atom. The van der Waals surface area contributed by atoms with Crippen molar-refractivity contribution in [3.63, 3.8) is 0 Å². The van der Waals surface area contributed by atoms with E-state index in [-0.39, 0.29) is 11.1 Å². The number of piperazine rings is 1. The van der Waals surface area contributed by atoms with Crippen LogP contribution in [0.4, 0.5) is 0 Å². The van der Waals surface area contributed by atoms with Gasteiger partial charge in [-0.15, -0.1) is 0 Å². The smallest absolute Gasteiger partial charge is 0.0630 e. The summed E-state index contributed by atoms with van der Waals surface area (Å²) in [6.45, 7) is 19.2. The van der Waals surface area contributed by atoms with Crippen LogP contribution in [0.1, 0.15) is 48.5 Å². The van der Waals surface area contributed by atoms with Gasteiger partial charge in [0, 0.05) is 43.4 Å². The summed E-state index contributed by atoms with van der Waals surface area (Å²) >= 11 is 0. The number of hydrogen-bond acceptors (Lipinski definition) is 3. The Hall–Kier alpha value is -0.120. The molecule has 3 heteroatoms. The molecule has 0 saturated carbocycles. The maximum Gasteiger partial charge on any atom is 0.0630 e. The van der Waals surface area contributed by atoms with E-state index in [1.165, 1.54) is 0 Å². The Morgan fingerprint density at radius 1 is 1.00 bits per heavy atom. The van der Waals surface area contributed by atoms with Gasteiger partial charge in [0.2, 0.25) is 0 Å². The minimum absolute atomic E-state index is 0.201. The van der Waals surface area contributed by atoms with Gasteiger partial charge in [-0.2, -0.15) is 0 Å². The fourth-order valence-corrected chi connectivity index (χ4v) is 3.27. The van der Waals surface area contributed by atoms with Crippen LogP contribution in [0.25, 0.3) is 0 Å². The van der Waals surface area contributed by atoms with Crippen molar-refractivity contribution < 1.29 is 4.74 Å². The van der Waals surface area contributed by atoms with Crippen LogP contribution in [0.5, 0.6) is 0 Å². The van der Waals surface area contributed by atoms with Gasteiger partial charge in [0.05, 0.1) is 6.61 Å². The molecular weight excluding hydrogens is 224 g/mol. The molecule has 2 unspecified atom stereocenters. The Balaban J connectivity index is 2.90. The molecule has 3 nitrogen and oxygen atoms in total. The highest BCUT2D eigenvalue weighted by atomic mass is 16.5. The lowest BCUT2D eigenvalue weighted by Gasteiger charge is -2.54.